The van der Waals surface area contributed by atoms with Gasteiger partial charge in [-0.1, -0.05) is 23.9 Å². The van der Waals surface area contributed by atoms with Gasteiger partial charge in [0.25, 0.3) is 0 Å². The van der Waals surface area contributed by atoms with E-state index in [9.17, 15) is 10.1 Å². The van der Waals surface area contributed by atoms with E-state index in [0.717, 1.165) is 34.0 Å². The Kier molecular flexibility index (Phi) is 5.08. The number of imidazole rings is 1. The summed E-state index contributed by atoms with van der Waals surface area (Å²) in [6.07, 6.45) is 2.01. The molecule has 3 aromatic rings. The van der Waals surface area contributed by atoms with E-state index in [4.69, 9.17) is 4.98 Å². The van der Waals surface area contributed by atoms with Gasteiger partial charge in [-0.05, 0) is 48.6 Å². The highest BCUT2D eigenvalue weighted by Gasteiger charge is 2.42. The van der Waals surface area contributed by atoms with E-state index in [1.54, 1.807) is 22.7 Å². The van der Waals surface area contributed by atoms with Crippen LogP contribution in [-0.2, 0) is 4.79 Å². The summed E-state index contributed by atoms with van der Waals surface area (Å²) in [7, 11) is 0. The monoisotopic (exact) mass is 414 g/mol. The lowest BCUT2D eigenvalue weighted by Gasteiger charge is -2.22. The van der Waals surface area contributed by atoms with Gasteiger partial charge >= 0.3 is 0 Å². The number of carbonyl (C=O) groups excluding carboxylic acids is 1. The van der Waals surface area contributed by atoms with Crippen molar-refractivity contribution in [3.63, 3.8) is 0 Å². The van der Waals surface area contributed by atoms with E-state index >= 15 is 0 Å². The molecular weight excluding hydrogens is 396 g/mol. The minimum Gasteiger partial charge on any atom is -0.337 e. The molecule has 1 fully saturated rings. The minimum atomic E-state index is -0.759. The molecule has 1 atom stereocenters. The van der Waals surface area contributed by atoms with Gasteiger partial charge in [-0.2, -0.15) is 5.26 Å². The lowest BCUT2D eigenvalue weighted by molar-refractivity contribution is -0.119. The molecule has 2 N–H and O–H groups in total. The summed E-state index contributed by atoms with van der Waals surface area (Å²) < 4.78 is 0. The Morgan fingerprint density at radius 3 is 2.67 bits per heavy atom. The second kappa shape index (κ2) is 7.50. The first-order chi connectivity index (χ1) is 13.1. The quantitative estimate of drug-likeness (QED) is 0.546. The molecule has 5 nitrogen and oxygen atoms in total. The number of hydrogen-bond acceptors (Lipinski definition) is 6. The van der Waals surface area contributed by atoms with Crippen LogP contribution in [-0.4, -0.2) is 27.2 Å². The highest BCUT2D eigenvalue weighted by atomic mass is 32.2. The van der Waals surface area contributed by atoms with Crippen molar-refractivity contribution in [3.8, 4) is 27.2 Å². The zero-order valence-corrected chi connectivity index (χ0v) is 17.1. The number of rotatable bonds is 7. The number of thioether (sulfide) groups is 1. The smallest absolute Gasteiger partial charge is 0.231 e. The van der Waals surface area contributed by atoms with Gasteiger partial charge in [0.15, 0.2) is 5.16 Å². The maximum absolute atomic E-state index is 12.4. The molecule has 0 spiro atoms. The van der Waals surface area contributed by atoms with Crippen LogP contribution in [0, 0.1) is 17.2 Å². The number of nitriles is 1. The number of nitrogens with zero attached hydrogens (tertiary/aromatic N) is 2. The Labute approximate surface area is 169 Å². The highest BCUT2D eigenvalue weighted by Crippen LogP contribution is 2.39. The van der Waals surface area contributed by atoms with Crippen molar-refractivity contribution in [1.29, 1.82) is 5.26 Å². The van der Waals surface area contributed by atoms with Crippen LogP contribution in [0.3, 0.4) is 0 Å². The van der Waals surface area contributed by atoms with Gasteiger partial charge in [0.05, 0.1) is 27.3 Å². The van der Waals surface area contributed by atoms with Crippen LogP contribution in [0.2, 0.25) is 0 Å². The summed E-state index contributed by atoms with van der Waals surface area (Å²) in [5.74, 6) is 0.365. The maximum Gasteiger partial charge on any atom is 0.231 e. The molecule has 0 radical (unpaired) electrons. The van der Waals surface area contributed by atoms with Crippen LogP contribution >= 0.6 is 34.4 Å². The van der Waals surface area contributed by atoms with Gasteiger partial charge in [-0.15, -0.1) is 22.7 Å². The van der Waals surface area contributed by atoms with Crippen LogP contribution in [0.25, 0.3) is 21.1 Å². The topological polar surface area (TPSA) is 81.6 Å². The molecule has 8 heteroatoms. The lowest BCUT2D eigenvalue weighted by Crippen LogP contribution is -2.47. The van der Waals surface area contributed by atoms with Gasteiger partial charge < -0.3 is 10.3 Å². The standard InChI is InChI=1S/C19H18N4OS3/c1-19(11-20,12-6-7-12)23-15(24)10-27-18-21-16(13-4-2-8-25-13)17(22-18)14-5-3-9-26-14/h2-5,8-9,12H,6-7,10H2,1H3,(H,21,22)(H,23,24). The predicted octanol–water partition coefficient (Wildman–Crippen LogP) is 4.77. The molecule has 0 saturated heterocycles. The molecule has 1 amide bonds. The van der Waals surface area contributed by atoms with Crippen molar-refractivity contribution < 1.29 is 4.79 Å². The van der Waals surface area contributed by atoms with Crippen molar-refractivity contribution in [2.24, 2.45) is 5.92 Å². The molecule has 1 aliphatic carbocycles. The molecule has 0 aromatic carbocycles. The fourth-order valence-corrected chi connectivity index (χ4v) is 5.07. The van der Waals surface area contributed by atoms with Crippen LogP contribution < -0.4 is 5.32 Å². The molecule has 1 aliphatic rings. The molecule has 3 aromatic heterocycles. The zero-order chi connectivity index (χ0) is 18.9. The highest BCUT2D eigenvalue weighted by molar-refractivity contribution is 7.99. The van der Waals surface area contributed by atoms with Gasteiger partial charge in [0.1, 0.15) is 11.2 Å². The van der Waals surface area contributed by atoms with Gasteiger partial charge in [-0.3, -0.25) is 4.79 Å². The molecule has 4 rings (SSSR count). The minimum absolute atomic E-state index is 0.136. The van der Waals surface area contributed by atoms with Crippen LogP contribution in [0.1, 0.15) is 19.8 Å². The Morgan fingerprint density at radius 1 is 1.37 bits per heavy atom. The number of aromatic amines is 1. The summed E-state index contributed by atoms with van der Waals surface area (Å²) in [5, 5.41) is 17.1. The number of nitrogens with one attached hydrogen (secondary N) is 2. The predicted molar refractivity (Wildman–Crippen MR) is 111 cm³/mol. The fraction of sp³-hybridized carbons (Fsp3) is 0.316. The number of aromatic nitrogens is 2. The first-order valence-corrected chi connectivity index (χ1v) is 11.4. The summed E-state index contributed by atoms with van der Waals surface area (Å²) in [4.78, 5) is 22.7. The normalized spacial score (nSPS) is 15.9. The van der Waals surface area contributed by atoms with Crippen molar-refractivity contribution in [1.82, 2.24) is 15.3 Å². The summed E-state index contributed by atoms with van der Waals surface area (Å²) in [6.45, 7) is 1.81. The number of amides is 1. The van der Waals surface area contributed by atoms with E-state index in [1.807, 2.05) is 35.9 Å². The van der Waals surface area contributed by atoms with Gasteiger partial charge in [0, 0.05) is 0 Å². The van der Waals surface area contributed by atoms with Crippen molar-refractivity contribution in [2.75, 3.05) is 5.75 Å². The Hall–Kier alpha value is -2.08. The molecule has 0 aliphatic heterocycles. The largest absolute Gasteiger partial charge is 0.337 e. The van der Waals surface area contributed by atoms with Crippen LogP contribution in [0.5, 0.6) is 0 Å². The molecular formula is C19H18N4OS3. The second-order valence-electron chi connectivity index (χ2n) is 6.65. The average Bonchev–Trinajstić information content (AvgIpc) is 3.09. The fourth-order valence-electron chi connectivity index (χ4n) is 2.95. The maximum atomic E-state index is 12.4. The molecule has 27 heavy (non-hydrogen) atoms. The lowest BCUT2D eigenvalue weighted by atomic mass is 9.98. The van der Waals surface area contributed by atoms with Gasteiger partial charge in [-0.25, -0.2) is 4.98 Å². The molecule has 0 bridgehead atoms. The number of thiophene rings is 2. The van der Waals surface area contributed by atoms with E-state index in [0.29, 0.717) is 5.16 Å². The third-order valence-electron chi connectivity index (χ3n) is 4.57. The van der Waals surface area contributed by atoms with E-state index in [1.165, 1.54) is 11.8 Å². The summed E-state index contributed by atoms with van der Waals surface area (Å²) in [6, 6.07) is 10.4. The number of hydrogen-bond donors (Lipinski definition) is 2. The van der Waals surface area contributed by atoms with E-state index in [-0.39, 0.29) is 17.6 Å². The first-order valence-electron chi connectivity index (χ1n) is 8.62. The average molecular weight is 415 g/mol. The van der Waals surface area contributed by atoms with Crippen LogP contribution in [0.4, 0.5) is 0 Å². The Bertz CT molecular complexity index is 916. The summed E-state index contributed by atoms with van der Waals surface area (Å²) >= 11 is 4.66. The second-order valence-corrected chi connectivity index (χ2v) is 9.50. The number of H-pyrrole nitrogens is 1. The third-order valence-corrected chi connectivity index (χ3v) is 7.21. The summed E-state index contributed by atoms with van der Waals surface area (Å²) in [5.41, 5.74) is 1.14. The van der Waals surface area contributed by atoms with Crippen LogP contribution in [0.15, 0.2) is 40.2 Å². The molecule has 1 unspecified atom stereocenters. The molecule has 138 valence electrons. The van der Waals surface area contributed by atoms with Crippen molar-refractivity contribution in [3.05, 3.63) is 35.0 Å². The Balaban J connectivity index is 1.49. The number of carbonyl (C=O) groups is 1. The zero-order valence-electron chi connectivity index (χ0n) is 14.7. The Morgan fingerprint density at radius 2 is 2.07 bits per heavy atom. The van der Waals surface area contributed by atoms with Crippen molar-refractivity contribution >= 4 is 40.3 Å². The van der Waals surface area contributed by atoms with E-state index in [2.05, 4.69) is 22.4 Å². The van der Waals surface area contributed by atoms with Crippen molar-refractivity contribution in [2.45, 2.75) is 30.5 Å². The first kappa shape index (κ1) is 18.3. The van der Waals surface area contributed by atoms with E-state index < -0.39 is 5.54 Å². The third kappa shape index (κ3) is 3.95. The molecule has 3 heterocycles. The molecule has 1 saturated carbocycles. The van der Waals surface area contributed by atoms with Gasteiger partial charge in [0.2, 0.25) is 5.91 Å². The SMILES string of the molecule is CC(C#N)(NC(=O)CSc1nc(-c2cccs2)c(-c2cccs2)[nH]1)C1CC1.